The van der Waals surface area contributed by atoms with Crippen LogP contribution in [0.4, 0.5) is 10.1 Å². The summed E-state index contributed by atoms with van der Waals surface area (Å²) in [6, 6.07) is 8.80. The van der Waals surface area contributed by atoms with Gasteiger partial charge in [-0.15, -0.1) is 0 Å². The molecule has 0 radical (unpaired) electrons. The van der Waals surface area contributed by atoms with E-state index in [2.05, 4.69) is 0 Å². The highest BCUT2D eigenvalue weighted by Gasteiger charge is 2.22. The summed E-state index contributed by atoms with van der Waals surface area (Å²) < 4.78 is 13.5. The molecule has 0 saturated carbocycles. The van der Waals surface area contributed by atoms with Crippen LogP contribution in [0.1, 0.15) is 15.9 Å². The lowest BCUT2D eigenvalue weighted by atomic mass is 10.2. The van der Waals surface area contributed by atoms with Crippen LogP contribution in [0.3, 0.4) is 0 Å². The minimum Gasteiger partial charge on any atom is -0.478 e. The number of halogens is 1. The van der Waals surface area contributed by atoms with E-state index in [9.17, 15) is 19.3 Å². The van der Waals surface area contributed by atoms with Crippen molar-refractivity contribution in [3.05, 3.63) is 63.5 Å². The van der Waals surface area contributed by atoms with Gasteiger partial charge in [-0.1, -0.05) is 29.5 Å². The molecule has 0 unspecified atom stereocenters. The predicted molar refractivity (Wildman–Crippen MR) is 75.3 cm³/mol. The lowest BCUT2D eigenvalue weighted by Gasteiger charge is -2.06. The van der Waals surface area contributed by atoms with E-state index in [1.807, 2.05) is 19.1 Å². The fourth-order valence-corrected chi connectivity index (χ4v) is 2.61. The van der Waals surface area contributed by atoms with Crippen molar-refractivity contribution in [1.82, 2.24) is 0 Å². The van der Waals surface area contributed by atoms with Crippen LogP contribution in [0.25, 0.3) is 0 Å². The number of carboxylic acids is 1. The monoisotopic (exact) mass is 307 g/mol. The second kappa shape index (κ2) is 5.92. The first kappa shape index (κ1) is 15.0. The van der Waals surface area contributed by atoms with E-state index in [0.29, 0.717) is 11.0 Å². The molecule has 0 bridgehead atoms. The zero-order valence-corrected chi connectivity index (χ0v) is 11.7. The number of hydrogen-bond donors (Lipinski definition) is 1. The number of hydrogen-bond acceptors (Lipinski definition) is 4. The quantitative estimate of drug-likeness (QED) is 0.684. The Morgan fingerprint density at radius 3 is 2.43 bits per heavy atom. The van der Waals surface area contributed by atoms with Crippen molar-refractivity contribution in [2.24, 2.45) is 0 Å². The van der Waals surface area contributed by atoms with Crippen molar-refractivity contribution in [2.45, 2.75) is 16.7 Å². The molecule has 108 valence electrons. The molecule has 0 aromatic heterocycles. The van der Waals surface area contributed by atoms with E-state index in [1.54, 1.807) is 12.1 Å². The van der Waals surface area contributed by atoms with Crippen LogP contribution in [0, 0.1) is 22.9 Å². The molecule has 2 aromatic rings. The van der Waals surface area contributed by atoms with Gasteiger partial charge >= 0.3 is 5.97 Å². The van der Waals surface area contributed by atoms with Gasteiger partial charge in [0.05, 0.1) is 21.4 Å². The van der Waals surface area contributed by atoms with E-state index in [-0.39, 0.29) is 4.90 Å². The maximum absolute atomic E-state index is 13.5. The molecule has 5 nitrogen and oxygen atoms in total. The topological polar surface area (TPSA) is 80.4 Å². The molecule has 0 aliphatic rings. The average molecular weight is 307 g/mol. The molecule has 0 saturated heterocycles. The zero-order chi connectivity index (χ0) is 15.6. The fourth-order valence-electron chi connectivity index (χ4n) is 1.66. The highest BCUT2D eigenvalue weighted by Crippen LogP contribution is 2.36. The number of aromatic carboxylic acids is 1. The Morgan fingerprint density at radius 1 is 1.29 bits per heavy atom. The molecular formula is C14H10FNO4S. The van der Waals surface area contributed by atoms with E-state index >= 15 is 0 Å². The first-order valence-corrected chi connectivity index (χ1v) is 6.66. The van der Waals surface area contributed by atoms with Gasteiger partial charge in [-0.25, -0.2) is 9.18 Å². The van der Waals surface area contributed by atoms with Crippen molar-refractivity contribution in [3.8, 4) is 0 Å². The number of nitrogens with zero attached hydrogens (tertiary/aromatic N) is 1. The Morgan fingerprint density at radius 2 is 1.90 bits per heavy atom. The van der Waals surface area contributed by atoms with E-state index in [4.69, 9.17) is 5.11 Å². The molecule has 2 rings (SSSR count). The molecule has 0 heterocycles. The molecule has 0 atom stereocenters. The summed E-state index contributed by atoms with van der Waals surface area (Å²) in [5.74, 6) is -2.59. The molecule has 7 heteroatoms. The standard InChI is InChI=1S/C14H10FNO4S/c1-8-2-4-9(5-3-8)21-13-6-10(14(17)18)11(15)7-12(13)16(19)20/h2-7H,1H3,(H,17,18). The molecule has 0 amide bonds. The van der Waals surface area contributed by atoms with Crippen molar-refractivity contribution >= 4 is 23.4 Å². The van der Waals surface area contributed by atoms with Crippen molar-refractivity contribution in [3.63, 3.8) is 0 Å². The van der Waals surface area contributed by atoms with Gasteiger partial charge in [0.2, 0.25) is 0 Å². The second-order valence-corrected chi connectivity index (χ2v) is 5.39. The number of nitro benzene ring substituents is 1. The van der Waals surface area contributed by atoms with Crippen molar-refractivity contribution in [1.29, 1.82) is 0 Å². The number of nitro groups is 1. The molecular weight excluding hydrogens is 297 g/mol. The summed E-state index contributed by atoms with van der Waals surface area (Å²) in [4.78, 5) is 22.0. The zero-order valence-electron chi connectivity index (χ0n) is 10.9. The molecule has 2 aromatic carbocycles. The summed E-state index contributed by atoms with van der Waals surface area (Å²) in [6.07, 6.45) is 0. The van der Waals surface area contributed by atoms with Gasteiger partial charge in [0, 0.05) is 4.90 Å². The Balaban J connectivity index is 2.49. The summed E-state index contributed by atoms with van der Waals surface area (Å²) in [5, 5.41) is 19.9. The molecule has 0 spiro atoms. The second-order valence-electron chi connectivity index (χ2n) is 4.28. The first-order valence-electron chi connectivity index (χ1n) is 5.84. The lowest BCUT2D eigenvalue weighted by Crippen LogP contribution is -2.03. The van der Waals surface area contributed by atoms with Crippen molar-refractivity contribution in [2.75, 3.05) is 0 Å². The third kappa shape index (κ3) is 3.38. The van der Waals surface area contributed by atoms with Crippen LogP contribution in [-0.2, 0) is 0 Å². The first-order chi connectivity index (χ1) is 9.88. The van der Waals surface area contributed by atoms with E-state index in [0.717, 1.165) is 23.4 Å². The van der Waals surface area contributed by atoms with E-state index in [1.165, 1.54) is 0 Å². The molecule has 0 fully saturated rings. The number of rotatable bonds is 4. The Bertz CT molecular complexity index is 716. The third-order valence-electron chi connectivity index (χ3n) is 2.72. The molecule has 0 aliphatic heterocycles. The number of carboxylic acid groups (broad SMARTS) is 1. The van der Waals surface area contributed by atoms with Gasteiger partial charge in [0.25, 0.3) is 5.69 Å². The van der Waals surface area contributed by atoms with E-state index < -0.39 is 28.0 Å². The minimum atomic E-state index is -1.46. The van der Waals surface area contributed by atoms with Crippen LogP contribution in [0.15, 0.2) is 46.2 Å². The molecule has 21 heavy (non-hydrogen) atoms. The third-order valence-corrected chi connectivity index (χ3v) is 3.78. The van der Waals surface area contributed by atoms with Crippen LogP contribution in [-0.4, -0.2) is 16.0 Å². The summed E-state index contributed by atoms with van der Waals surface area (Å²) in [6.45, 7) is 1.90. The Kier molecular flexibility index (Phi) is 4.23. The average Bonchev–Trinajstić information content (AvgIpc) is 2.42. The van der Waals surface area contributed by atoms with Gasteiger partial charge < -0.3 is 5.11 Å². The summed E-state index contributed by atoms with van der Waals surface area (Å²) in [5.41, 5.74) is -0.0162. The molecule has 1 N–H and O–H groups in total. The summed E-state index contributed by atoms with van der Waals surface area (Å²) >= 11 is 1.02. The highest BCUT2D eigenvalue weighted by molar-refractivity contribution is 7.99. The normalized spacial score (nSPS) is 10.4. The van der Waals surface area contributed by atoms with Crippen LogP contribution in [0.5, 0.6) is 0 Å². The number of aryl methyl sites for hydroxylation is 1. The van der Waals surface area contributed by atoms with Gasteiger partial charge in [-0.05, 0) is 25.1 Å². The number of carbonyl (C=O) groups is 1. The fraction of sp³-hybridized carbons (Fsp3) is 0.0714. The SMILES string of the molecule is Cc1ccc(Sc2cc(C(=O)O)c(F)cc2[N+](=O)[O-])cc1. The Labute approximate surface area is 123 Å². The summed E-state index contributed by atoms with van der Waals surface area (Å²) in [7, 11) is 0. The van der Waals surface area contributed by atoms with Gasteiger partial charge in [-0.2, -0.15) is 0 Å². The maximum atomic E-state index is 13.5. The highest BCUT2D eigenvalue weighted by atomic mass is 32.2. The lowest BCUT2D eigenvalue weighted by molar-refractivity contribution is -0.387. The Hall–Kier alpha value is -2.41. The molecule has 0 aliphatic carbocycles. The van der Waals surface area contributed by atoms with Crippen LogP contribution < -0.4 is 0 Å². The maximum Gasteiger partial charge on any atom is 0.338 e. The minimum absolute atomic E-state index is 0.0858. The van der Waals surface area contributed by atoms with Gasteiger partial charge in [-0.3, -0.25) is 10.1 Å². The largest absolute Gasteiger partial charge is 0.478 e. The van der Waals surface area contributed by atoms with Crippen molar-refractivity contribution < 1.29 is 19.2 Å². The van der Waals surface area contributed by atoms with Gasteiger partial charge in [0.1, 0.15) is 5.82 Å². The van der Waals surface area contributed by atoms with Gasteiger partial charge in [0.15, 0.2) is 0 Å². The van der Waals surface area contributed by atoms with Crippen LogP contribution >= 0.6 is 11.8 Å². The van der Waals surface area contributed by atoms with Crippen LogP contribution in [0.2, 0.25) is 0 Å². The smallest absolute Gasteiger partial charge is 0.338 e. The number of benzene rings is 2. The predicted octanol–water partition coefficient (Wildman–Crippen LogP) is 3.89.